The number of fused-ring (bicyclic) bond motifs is 5. The van der Waals surface area contributed by atoms with Crippen molar-refractivity contribution in [1.82, 2.24) is 4.90 Å². The Morgan fingerprint density at radius 2 is 1.88 bits per heavy atom. The minimum absolute atomic E-state index is 0.00930. The Bertz CT molecular complexity index is 1810. The second-order valence-electron chi connectivity index (χ2n) is 13.7. The van der Waals surface area contributed by atoms with Crippen LogP contribution in [0.5, 0.6) is 11.5 Å². The van der Waals surface area contributed by atoms with Crippen LogP contribution in [0.3, 0.4) is 0 Å². The molecule has 4 atom stereocenters. The number of benzene rings is 3. The molecule has 3 aromatic rings. The van der Waals surface area contributed by atoms with E-state index in [0.29, 0.717) is 62.0 Å². The van der Waals surface area contributed by atoms with Gasteiger partial charge in [-0.25, -0.2) is 9.69 Å². The number of alkyl halides is 1. The van der Waals surface area contributed by atoms with Crippen LogP contribution in [0.2, 0.25) is 0 Å². The van der Waals surface area contributed by atoms with Gasteiger partial charge < -0.3 is 33.5 Å². The fourth-order valence-electron chi connectivity index (χ4n) is 7.95. The third-order valence-corrected chi connectivity index (χ3v) is 10.8. The lowest BCUT2D eigenvalue weighted by molar-refractivity contribution is -0.198. The molecule has 2 unspecified atom stereocenters. The molecule has 11 nitrogen and oxygen atoms in total. The zero-order valence-corrected chi connectivity index (χ0v) is 30.4. The maximum absolute atomic E-state index is 14.2. The van der Waals surface area contributed by atoms with Crippen molar-refractivity contribution in [3.05, 3.63) is 72.3 Å². The molecule has 0 N–H and O–H groups in total. The standard InChI is InChI=1S/C40H46ClN3O8/c1-3-19-51-40(47)44-32-23-34(49-21-10-14-35(45)43-25-27(24-41)37-28-12-5-4-11-26(28)16-17-30(37)43)33(48-2)22-29(32)38(46)42-18-8-6-13-31(42)39(44)52-36-15-7-9-20-50-36/h3-5,11-12,16-17,22-23,27,31,36,39H,1,6-10,13-15,18-21,24-25H2,2H3/t27-,31+,36?,39?/m1/s1. The van der Waals surface area contributed by atoms with E-state index < -0.39 is 24.7 Å². The van der Waals surface area contributed by atoms with Crippen LogP contribution in [0.15, 0.2) is 61.2 Å². The molecule has 2 fully saturated rings. The average Bonchev–Trinajstić information content (AvgIpc) is 3.54. The number of halogens is 1. The first-order valence-corrected chi connectivity index (χ1v) is 18.8. The molecule has 0 bridgehead atoms. The van der Waals surface area contributed by atoms with Crippen LogP contribution in [0.25, 0.3) is 10.8 Å². The second kappa shape index (κ2) is 16.1. The highest BCUT2D eigenvalue weighted by molar-refractivity contribution is 6.19. The fourth-order valence-corrected chi connectivity index (χ4v) is 8.20. The topological polar surface area (TPSA) is 107 Å². The van der Waals surface area contributed by atoms with E-state index in [9.17, 15) is 14.4 Å². The third-order valence-electron chi connectivity index (χ3n) is 10.4. The lowest BCUT2D eigenvalue weighted by atomic mass is 9.96. The first-order chi connectivity index (χ1) is 25.4. The van der Waals surface area contributed by atoms with Gasteiger partial charge in [0.15, 0.2) is 24.0 Å². The SMILES string of the molecule is C=CCOC(=O)N1c2cc(OCCCC(=O)N3C[C@@H](CCl)c4c3ccc3ccccc43)c(OC)cc2C(=O)N2CCCC[C@H]2C1OC1CCCCO1. The first kappa shape index (κ1) is 36.1. The van der Waals surface area contributed by atoms with E-state index in [2.05, 4.69) is 18.7 Å². The zero-order valence-electron chi connectivity index (χ0n) is 29.6. The van der Waals surface area contributed by atoms with Crippen molar-refractivity contribution in [2.24, 2.45) is 0 Å². The minimum atomic E-state index is -0.859. The Morgan fingerprint density at radius 3 is 2.67 bits per heavy atom. The molecule has 4 aliphatic rings. The molecule has 0 saturated carbocycles. The van der Waals surface area contributed by atoms with Crippen molar-refractivity contribution in [1.29, 1.82) is 0 Å². The number of rotatable bonds is 11. The summed E-state index contributed by atoms with van der Waals surface area (Å²) in [6.45, 7) is 5.50. The Kier molecular flexibility index (Phi) is 11.2. The summed E-state index contributed by atoms with van der Waals surface area (Å²) >= 11 is 6.40. The van der Waals surface area contributed by atoms with Crippen LogP contribution in [-0.2, 0) is 19.0 Å². The molecule has 3 aromatic carbocycles. The summed E-state index contributed by atoms with van der Waals surface area (Å²) in [5.74, 6) is 0.909. The van der Waals surface area contributed by atoms with Gasteiger partial charge in [-0.3, -0.25) is 9.59 Å². The number of piperidine rings is 1. The second-order valence-corrected chi connectivity index (χ2v) is 14.0. The molecule has 4 heterocycles. The number of amides is 3. The van der Waals surface area contributed by atoms with Gasteiger partial charge in [-0.15, -0.1) is 11.6 Å². The molecule has 52 heavy (non-hydrogen) atoms. The average molecular weight is 732 g/mol. The van der Waals surface area contributed by atoms with E-state index in [1.54, 1.807) is 17.0 Å². The van der Waals surface area contributed by atoms with E-state index in [-0.39, 0.29) is 42.9 Å². The quantitative estimate of drug-likeness (QED) is 0.114. The van der Waals surface area contributed by atoms with Gasteiger partial charge in [0.25, 0.3) is 5.91 Å². The van der Waals surface area contributed by atoms with E-state index in [1.165, 1.54) is 18.1 Å². The van der Waals surface area contributed by atoms with E-state index in [0.717, 1.165) is 47.7 Å². The largest absolute Gasteiger partial charge is 0.493 e. The lowest BCUT2D eigenvalue weighted by Gasteiger charge is -2.42. The molecule has 0 aliphatic carbocycles. The molecule has 4 aliphatic heterocycles. The van der Waals surface area contributed by atoms with Crippen LogP contribution in [0, 0.1) is 0 Å². The highest BCUT2D eigenvalue weighted by Crippen LogP contribution is 2.44. The molecule has 276 valence electrons. The van der Waals surface area contributed by atoms with Gasteiger partial charge in [-0.1, -0.05) is 43.0 Å². The predicted molar refractivity (Wildman–Crippen MR) is 199 cm³/mol. The zero-order chi connectivity index (χ0) is 36.2. The van der Waals surface area contributed by atoms with Gasteiger partial charge in [-0.2, -0.15) is 0 Å². The number of hydrogen-bond acceptors (Lipinski definition) is 8. The van der Waals surface area contributed by atoms with Crippen LogP contribution < -0.4 is 19.3 Å². The molecule has 0 spiro atoms. The Morgan fingerprint density at radius 1 is 1.04 bits per heavy atom. The maximum atomic E-state index is 14.2. The Labute approximate surface area is 309 Å². The summed E-state index contributed by atoms with van der Waals surface area (Å²) in [5, 5.41) is 2.24. The number of anilines is 2. The molecular weight excluding hydrogens is 686 g/mol. The van der Waals surface area contributed by atoms with Crippen molar-refractivity contribution < 1.29 is 38.1 Å². The lowest BCUT2D eigenvalue weighted by Crippen LogP contribution is -2.57. The van der Waals surface area contributed by atoms with E-state index in [1.807, 2.05) is 29.2 Å². The summed E-state index contributed by atoms with van der Waals surface area (Å²) in [6, 6.07) is 15.1. The minimum Gasteiger partial charge on any atom is -0.493 e. The maximum Gasteiger partial charge on any atom is 0.416 e. The number of hydrogen-bond donors (Lipinski definition) is 0. The number of carbonyl (C=O) groups is 3. The Balaban J connectivity index is 1.13. The molecule has 3 amide bonds. The number of nitrogens with zero attached hydrogens (tertiary/aromatic N) is 3. The number of methoxy groups -OCH3 is 1. The van der Waals surface area contributed by atoms with Gasteiger partial charge in [0.1, 0.15) is 6.61 Å². The monoisotopic (exact) mass is 731 g/mol. The van der Waals surface area contributed by atoms with Gasteiger partial charge in [0.05, 0.1) is 31.0 Å². The molecule has 12 heteroatoms. The van der Waals surface area contributed by atoms with Gasteiger partial charge in [0.2, 0.25) is 5.91 Å². The first-order valence-electron chi connectivity index (χ1n) is 18.3. The van der Waals surface area contributed by atoms with Crippen LogP contribution in [-0.4, -0.2) is 87.3 Å². The molecular formula is C40H46ClN3O8. The van der Waals surface area contributed by atoms with Crippen molar-refractivity contribution >= 4 is 51.7 Å². The van der Waals surface area contributed by atoms with Crippen molar-refractivity contribution in [2.45, 2.75) is 75.8 Å². The molecule has 2 saturated heterocycles. The smallest absolute Gasteiger partial charge is 0.416 e. The summed E-state index contributed by atoms with van der Waals surface area (Å²) < 4.78 is 30.1. The van der Waals surface area contributed by atoms with E-state index >= 15 is 0 Å². The van der Waals surface area contributed by atoms with Crippen molar-refractivity contribution in [3.63, 3.8) is 0 Å². The van der Waals surface area contributed by atoms with Crippen LogP contribution >= 0.6 is 11.6 Å². The van der Waals surface area contributed by atoms with Gasteiger partial charge in [-0.05, 0) is 73.4 Å². The van der Waals surface area contributed by atoms with Crippen molar-refractivity contribution in [3.8, 4) is 11.5 Å². The van der Waals surface area contributed by atoms with Crippen molar-refractivity contribution in [2.75, 3.05) is 55.7 Å². The molecule has 0 aromatic heterocycles. The van der Waals surface area contributed by atoms with Crippen LogP contribution in [0.1, 0.15) is 73.2 Å². The summed E-state index contributed by atoms with van der Waals surface area (Å²) in [4.78, 5) is 46.8. The Hall–Kier alpha value is -4.32. The normalized spacial score (nSPS) is 22.7. The summed E-state index contributed by atoms with van der Waals surface area (Å²) in [6.07, 6.45) is 5.06. The summed E-state index contributed by atoms with van der Waals surface area (Å²) in [7, 11) is 1.51. The predicted octanol–water partition coefficient (Wildman–Crippen LogP) is 7.38. The molecule has 0 radical (unpaired) electrons. The highest BCUT2D eigenvalue weighted by Gasteiger charge is 2.47. The number of ether oxygens (including phenoxy) is 5. The molecule has 7 rings (SSSR count). The van der Waals surface area contributed by atoms with Gasteiger partial charge in [0, 0.05) is 49.7 Å². The van der Waals surface area contributed by atoms with E-state index in [4.69, 9.17) is 35.3 Å². The third kappa shape index (κ3) is 7.06. The number of carbonyl (C=O) groups excluding carboxylic acids is 3. The van der Waals surface area contributed by atoms with Gasteiger partial charge >= 0.3 is 6.09 Å². The van der Waals surface area contributed by atoms with Crippen LogP contribution in [0.4, 0.5) is 16.2 Å². The highest BCUT2D eigenvalue weighted by atomic mass is 35.5. The fraction of sp³-hybridized carbons (Fsp3) is 0.475. The summed E-state index contributed by atoms with van der Waals surface area (Å²) in [5.41, 5.74) is 2.61.